The average molecular weight is 270 g/mol. The largest absolute Gasteiger partial charge is 0.444 e. The van der Waals surface area contributed by atoms with Gasteiger partial charge in [0.2, 0.25) is 0 Å². The summed E-state index contributed by atoms with van der Waals surface area (Å²) in [4.78, 5) is 13.5. The molecule has 3 N–H and O–H groups in total. The maximum Gasteiger partial charge on any atom is 0.410 e. The number of likely N-dealkylation sites (tertiary alicyclic amines) is 1. The highest BCUT2D eigenvalue weighted by Crippen LogP contribution is 2.40. The lowest BCUT2D eigenvalue weighted by molar-refractivity contribution is -0.122. The van der Waals surface area contributed by atoms with Gasteiger partial charge in [0.25, 0.3) is 0 Å². The summed E-state index contributed by atoms with van der Waals surface area (Å²) in [7, 11) is 0. The molecular weight excluding hydrogens is 244 g/mol. The number of ether oxygens (including phenoxy) is 1. The van der Waals surface area contributed by atoms with Crippen LogP contribution in [0.4, 0.5) is 4.79 Å². The second kappa shape index (κ2) is 4.63. The first-order chi connectivity index (χ1) is 8.65. The standard InChI is InChI=1S/C14H26N2O3/c1-12(2,3)19-11(17)16-9-13(15,10-16)14(18)7-5-4-6-8-14/h18H,4-10,15H2,1-3H3. The Bertz CT molecular complexity index is 350. The molecule has 0 spiro atoms. The molecule has 0 aromatic rings. The average Bonchev–Trinajstić information content (AvgIpc) is 2.23. The molecule has 1 aliphatic heterocycles. The maximum absolute atomic E-state index is 11.9. The van der Waals surface area contributed by atoms with E-state index in [0.717, 1.165) is 32.1 Å². The van der Waals surface area contributed by atoms with E-state index in [1.54, 1.807) is 4.90 Å². The van der Waals surface area contributed by atoms with Gasteiger partial charge in [0.15, 0.2) is 0 Å². The molecule has 2 rings (SSSR count). The number of hydrogen-bond acceptors (Lipinski definition) is 4. The summed E-state index contributed by atoms with van der Waals surface area (Å²) in [6.45, 7) is 6.30. The first-order valence-corrected chi connectivity index (χ1v) is 7.14. The van der Waals surface area contributed by atoms with E-state index in [-0.39, 0.29) is 6.09 Å². The van der Waals surface area contributed by atoms with Crippen LogP contribution in [0.2, 0.25) is 0 Å². The fraction of sp³-hybridized carbons (Fsp3) is 0.929. The van der Waals surface area contributed by atoms with Crippen molar-refractivity contribution in [3.8, 4) is 0 Å². The Morgan fingerprint density at radius 3 is 2.21 bits per heavy atom. The fourth-order valence-electron chi connectivity index (χ4n) is 3.02. The molecule has 5 heteroatoms. The Kier molecular flexibility index (Phi) is 3.56. The zero-order valence-corrected chi connectivity index (χ0v) is 12.2. The number of amides is 1. The summed E-state index contributed by atoms with van der Waals surface area (Å²) in [5, 5.41) is 10.7. The van der Waals surface area contributed by atoms with Gasteiger partial charge in [-0.05, 0) is 33.6 Å². The normalized spacial score (nSPS) is 25.6. The SMILES string of the molecule is CC(C)(C)OC(=O)N1CC(N)(C2(O)CCCCC2)C1. The molecule has 0 bridgehead atoms. The van der Waals surface area contributed by atoms with Gasteiger partial charge in [0.05, 0.1) is 11.1 Å². The molecule has 19 heavy (non-hydrogen) atoms. The Hall–Kier alpha value is -0.810. The van der Waals surface area contributed by atoms with Crippen molar-refractivity contribution >= 4 is 6.09 Å². The van der Waals surface area contributed by atoms with Crippen molar-refractivity contribution in [2.75, 3.05) is 13.1 Å². The molecule has 1 saturated carbocycles. The molecule has 2 fully saturated rings. The third-order valence-electron chi connectivity index (χ3n) is 4.21. The van der Waals surface area contributed by atoms with Gasteiger partial charge in [0.1, 0.15) is 5.60 Å². The number of nitrogens with two attached hydrogens (primary N) is 1. The highest BCUT2D eigenvalue weighted by molar-refractivity contribution is 5.70. The van der Waals surface area contributed by atoms with E-state index in [0.29, 0.717) is 13.1 Å². The lowest BCUT2D eigenvalue weighted by Crippen LogP contribution is -2.79. The van der Waals surface area contributed by atoms with E-state index < -0.39 is 16.7 Å². The lowest BCUT2D eigenvalue weighted by atomic mass is 9.67. The van der Waals surface area contributed by atoms with Crippen LogP contribution in [0.3, 0.4) is 0 Å². The number of rotatable bonds is 1. The van der Waals surface area contributed by atoms with Gasteiger partial charge >= 0.3 is 6.09 Å². The van der Waals surface area contributed by atoms with E-state index in [4.69, 9.17) is 10.5 Å². The Balaban J connectivity index is 1.92. The summed E-state index contributed by atoms with van der Waals surface area (Å²) in [5.74, 6) is 0. The van der Waals surface area contributed by atoms with Gasteiger partial charge in [-0.3, -0.25) is 0 Å². The predicted molar refractivity (Wildman–Crippen MR) is 72.8 cm³/mol. The van der Waals surface area contributed by atoms with Crippen LogP contribution in [0.1, 0.15) is 52.9 Å². The van der Waals surface area contributed by atoms with Crippen molar-refractivity contribution in [3.05, 3.63) is 0 Å². The van der Waals surface area contributed by atoms with Gasteiger partial charge < -0.3 is 20.5 Å². The van der Waals surface area contributed by atoms with Crippen molar-refractivity contribution in [3.63, 3.8) is 0 Å². The molecule has 2 aliphatic rings. The molecule has 1 heterocycles. The molecule has 1 aliphatic carbocycles. The fourth-order valence-corrected chi connectivity index (χ4v) is 3.02. The minimum atomic E-state index is -0.816. The van der Waals surface area contributed by atoms with Crippen LogP contribution >= 0.6 is 0 Å². The lowest BCUT2D eigenvalue weighted by Gasteiger charge is -2.56. The summed E-state index contributed by atoms with van der Waals surface area (Å²) in [5.41, 5.74) is 4.33. The van der Waals surface area contributed by atoms with E-state index in [1.165, 1.54) is 0 Å². The van der Waals surface area contributed by atoms with Crippen molar-refractivity contribution in [2.24, 2.45) is 5.73 Å². The molecule has 0 aromatic carbocycles. The van der Waals surface area contributed by atoms with Crippen LogP contribution < -0.4 is 5.73 Å². The van der Waals surface area contributed by atoms with Crippen LogP contribution in [0.15, 0.2) is 0 Å². The summed E-state index contributed by atoms with van der Waals surface area (Å²) >= 11 is 0. The summed E-state index contributed by atoms with van der Waals surface area (Å²) in [6, 6.07) is 0. The van der Waals surface area contributed by atoms with E-state index in [9.17, 15) is 9.90 Å². The number of carbonyl (C=O) groups excluding carboxylic acids is 1. The van der Waals surface area contributed by atoms with Crippen LogP contribution in [-0.2, 0) is 4.74 Å². The van der Waals surface area contributed by atoms with Crippen LogP contribution in [0.25, 0.3) is 0 Å². The topological polar surface area (TPSA) is 75.8 Å². The smallest absolute Gasteiger partial charge is 0.410 e. The summed E-state index contributed by atoms with van der Waals surface area (Å²) < 4.78 is 5.31. The minimum absolute atomic E-state index is 0.340. The van der Waals surface area contributed by atoms with E-state index in [1.807, 2.05) is 20.8 Å². The molecular formula is C14H26N2O3. The zero-order valence-electron chi connectivity index (χ0n) is 12.2. The Morgan fingerprint density at radius 1 is 1.21 bits per heavy atom. The number of hydrogen-bond donors (Lipinski definition) is 2. The van der Waals surface area contributed by atoms with Crippen molar-refractivity contribution in [2.45, 2.75) is 69.6 Å². The van der Waals surface area contributed by atoms with Gasteiger partial charge in [-0.25, -0.2) is 4.79 Å². The number of aliphatic hydroxyl groups is 1. The quantitative estimate of drug-likeness (QED) is 0.759. The zero-order chi connectivity index (χ0) is 14.3. The Labute approximate surface area is 115 Å². The van der Waals surface area contributed by atoms with Crippen molar-refractivity contribution in [1.82, 2.24) is 4.90 Å². The monoisotopic (exact) mass is 270 g/mol. The van der Waals surface area contributed by atoms with E-state index >= 15 is 0 Å². The Morgan fingerprint density at radius 2 is 1.74 bits per heavy atom. The van der Waals surface area contributed by atoms with Gasteiger partial charge in [0, 0.05) is 13.1 Å². The minimum Gasteiger partial charge on any atom is -0.444 e. The molecule has 110 valence electrons. The van der Waals surface area contributed by atoms with Gasteiger partial charge in [-0.15, -0.1) is 0 Å². The van der Waals surface area contributed by atoms with Crippen molar-refractivity contribution < 1.29 is 14.6 Å². The van der Waals surface area contributed by atoms with E-state index in [2.05, 4.69) is 0 Å². The van der Waals surface area contributed by atoms with Crippen LogP contribution in [0, 0.1) is 0 Å². The molecule has 1 amide bonds. The van der Waals surface area contributed by atoms with Gasteiger partial charge in [-0.2, -0.15) is 0 Å². The van der Waals surface area contributed by atoms with Crippen molar-refractivity contribution in [1.29, 1.82) is 0 Å². The predicted octanol–water partition coefficient (Wildman–Crippen LogP) is 1.63. The number of nitrogens with zero attached hydrogens (tertiary/aromatic N) is 1. The van der Waals surface area contributed by atoms with Gasteiger partial charge in [-0.1, -0.05) is 19.3 Å². The highest BCUT2D eigenvalue weighted by atomic mass is 16.6. The molecule has 0 unspecified atom stereocenters. The molecule has 1 saturated heterocycles. The van der Waals surface area contributed by atoms with Crippen LogP contribution in [-0.4, -0.2) is 45.9 Å². The molecule has 5 nitrogen and oxygen atoms in total. The third kappa shape index (κ3) is 2.87. The summed E-state index contributed by atoms with van der Waals surface area (Å²) in [6.07, 6.45) is 4.34. The van der Waals surface area contributed by atoms with Crippen LogP contribution in [0.5, 0.6) is 0 Å². The second-order valence-electron chi connectivity index (χ2n) is 7.08. The first-order valence-electron chi connectivity index (χ1n) is 7.14. The number of carbonyl (C=O) groups is 1. The molecule has 0 aromatic heterocycles. The first kappa shape index (κ1) is 14.6. The maximum atomic E-state index is 11.9. The second-order valence-corrected chi connectivity index (χ2v) is 7.08. The third-order valence-corrected chi connectivity index (χ3v) is 4.21. The molecule has 0 atom stereocenters. The highest BCUT2D eigenvalue weighted by Gasteiger charge is 2.56. The molecule has 0 radical (unpaired) electrons.